The van der Waals surface area contributed by atoms with Crippen LogP contribution in [-0.4, -0.2) is 11.3 Å². The van der Waals surface area contributed by atoms with E-state index < -0.39 is 0 Å². The number of nitrogens with zero attached hydrogens (tertiary/aromatic N) is 1. The van der Waals surface area contributed by atoms with E-state index in [1.54, 1.807) is 0 Å². The van der Waals surface area contributed by atoms with E-state index in [-0.39, 0.29) is 5.38 Å². The van der Waals surface area contributed by atoms with Gasteiger partial charge in [-0.25, -0.2) is 0 Å². The van der Waals surface area contributed by atoms with Crippen molar-refractivity contribution in [3.8, 4) is 6.07 Å². The van der Waals surface area contributed by atoms with E-state index >= 15 is 0 Å². The number of rotatable bonds is 5. The van der Waals surface area contributed by atoms with Crippen LogP contribution in [0.15, 0.2) is 0 Å². The van der Waals surface area contributed by atoms with Gasteiger partial charge in [-0.1, -0.05) is 6.42 Å². The lowest BCUT2D eigenvalue weighted by molar-refractivity contribution is 0.685. The monoisotopic (exact) mass is 179 g/mol. The molecule has 0 heterocycles. The van der Waals surface area contributed by atoms with Crippen molar-refractivity contribution >= 4 is 23.2 Å². The smallest absolute Gasteiger partial charge is 0.0621 e. The fourth-order valence-electron chi connectivity index (χ4n) is 0.647. The molecule has 0 aromatic heterocycles. The lowest BCUT2D eigenvalue weighted by atomic mass is 10.2. The van der Waals surface area contributed by atoms with E-state index in [0.29, 0.717) is 12.3 Å². The third-order valence-corrected chi connectivity index (χ3v) is 2.13. The molecule has 10 heavy (non-hydrogen) atoms. The molecule has 0 aliphatic carbocycles. The SMILES string of the molecule is N#CCCCCC(Cl)CCl. The van der Waals surface area contributed by atoms with Crippen LogP contribution in [0.5, 0.6) is 0 Å². The van der Waals surface area contributed by atoms with Crippen LogP contribution in [0, 0.1) is 11.3 Å². The molecule has 0 aromatic rings. The minimum atomic E-state index is 0.0837. The fourth-order valence-corrected chi connectivity index (χ4v) is 0.956. The molecule has 0 aromatic carbocycles. The summed E-state index contributed by atoms with van der Waals surface area (Å²) in [6.45, 7) is 0. The summed E-state index contributed by atoms with van der Waals surface area (Å²) in [6, 6.07) is 2.08. The van der Waals surface area contributed by atoms with Crippen LogP contribution in [0.25, 0.3) is 0 Å². The Balaban J connectivity index is 2.98. The quantitative estimate of drug-likeness (QED) is 0.471. The normalized spacial score (nSPS) is 12.5. The van der Waals surface area contributed by atoms with Gasteiger partial charge in [-0.2, -0.15) is 5.26 Å². The van der Waals surface area contributed by atoms with E-state index in [9.17, 15) is 0 Å². The van der Waals surface area contributed by atoms with Gasteiger partial charge in [0.2, 0.25) is 0 Å². The van der Waals surface area contributed by atoms with Gasteiger partial charge in [0, 0.05) is 17.7 Å². The lowest BCUT2D eigenvalue weighted by Gasteiger charge is -2.01. The number of unbranched alkanes of at least 4 members (excludes halogenated alkanes) is 2. The largest absolute Gasteiger partial charge is 0.198 e. The Morgan fingerprint density at radius 3 is 2.60 bits per heavy atom. The van der Waals surface area contributed by atoms with Crippen LogP contribution in [0.2, 0.25) is 0 Å². The number of hydrogen-bond acceptors (Lipinski definition) is 1. The summed E-state index contributed by atoms with van der Waals surface area (Å²) in [4.78, 5) is 0. The maximum atomic E-state index is 8.18. The average Bonchev–Trinajstić information content (AvgIpc) is 1.98. The summed E-state index contributed by atoms with van der Waals surface area (Å²) in [5.41, 5.74) is 0. The number of hydrogen-bond donors (Lipinski definition) is 0. The van der Waals surface area contributed by atoms with Crippen LogP contribution in [0.3, 0.4) is 0 Å². The summed E-state index contributed by atoms with van der Waals surface area (Å²) in [6.07, 6.45) is 3.50. The molecule has 0 rings (SSSR count). The molecular formula is C7H11Cl2N. The summed E-state index contributed by atoms with van der Waals surface area (Å²) in [5, 5.41) is 8.26. The lowest BCUT2D eigenvalue weighted by Crippen LogP contribution is -1.98. The molecule has 0 saturated heterocycles. The van der Waals surface area contributed by atoms with Gasteiger partial charge in [0.1, 0.15) is 0 Å². The molecule has 0 saturated carbocycles. The molecule has 0 N–H and O–H groups in total. The fraction of sp³-hybridized carbons (Fsp3) is 0.857. The Labute approximate surface area is 71.9 Å². The third kappa shape index (κ3) is 6.19. The average molecular weight is 180 g/mol. The van der Waals surface area contributed by atoms with Gasteiger partial charge in [0.05, 0.1) is 6.07 Å². The van der Waals surface area contributed by atoms with Crippen molar-refractivity contribution in [2.75, 3.05) is 5.88 Å². The van der Waals surface area contributed by atoms with Crippen molar-refractivity contribution in [3.63, 3.8) is 0 Å². The molecule has 1 unspecified atom stereocenters. The predicted octanol–water partition coefficient (Wildman–Crippen LogP) is 2.92. The molecule has 0 bridgehead atoms. The van der Waals surface area contributed by atoms with E-state index in [0.717, 1.165) is 19.3 Å². The van der Waals surface area contributed by atoms with E-state index in [4.69, 9.17) is 28.5 Å². The molecular weight excluding hydrogens is 169 g/mol. The van der Waals surface area contributed by atoms with Crippen molar-refractivity contribution in [1.82, 2.24) is 0 Å². The molecule has 0 amide bonds. The highest BCUT2D eigenvalue weighted by atomic mass is 35.5. The summed E-state index contributed by atoms with van der Waals surface area (Å²) >= 11 is 11.2. The molecule has 0 aliphatic heterocycles. The molecule has 0 fully saturated rings. The van der Waals surface area contributed by atoms with Crippen molar-refractivity contribution < 1.29 is 0 Å². The van der Waals surface area contributed by atoms with Crippen LogP contribution in [0.4, 0.5) is 0 Å². The van der Waals surface area contributed by atoms with Gasteiger partial charge in [-0.05, 0) is 12.8 Å². The maximum absolute atomic E-state index is 8.18. The molecule has 1 atom stereocenters. The van der Waals surface area contributed by atoms with Crippen LogP contribution < -0.4 is 0 Å². The number of alkyl halides is 2. The van der Waals surface area contributed by atoms with Crippen LogP contribution >= 0.6 is 23.2 Å². The van der Waals surface area contributed by atoms with Crippen molar-refractivity contribution in [2.45, 2.75) is 31.1 Å². The molecule has 3 heteroatoms. The Morgan fingerprint density at radius 2 is 2.10 bits per heavy atom. The summed E-state index contributed by atoms with van der Waals surface area (Å²) < 4.78 is 0. The minimum Gasteiger partial charge on any atom is -0.198 e. The van der Waals surface area contributed by atoms with E-state index in [1.165, 1.54) is 0 Å². The van der Waals surface area contributed by atoms with Gasteiger partial charge >= 0.3 is 0 Å². The van der Waals surface area contributed by atoms with E-state index in [2.05, 4.69) is 6.07 Å². The highest BCUT2D eigenvalue weighted by Crippen LogP contribution is 2.09. The molecule has 0 spiro atoms. The molecule has 1 nitrogen and oxygen atoms in total. The summed E-state index contributed by atoms with van der Waals surface area (Å²) in [5.74, 6) is 0.508. The number of nitriles is 1. The Hall–Kier alpha value is 0.0700. The second-order valence-electron chi connectivity index (χ2n) is 2.16. The van der Waals surface area contributed by atoms with Gasteiger partial charge < -0.3 is 0 Å². The van der Waals surface area contributed by atoms with Crippen molar-refractivity contribution in [1.29, 1.82) is 5.26 Å². The number of halogens is 2. The summed E-state index contributed by atoms with van der Waals surface area (Å²) in [7, 11) is 0. The molecule has 0 radical (unpaired) electrons. The van der Waals surface area contributed by atoms with Gasteiger partial charge in [0.25, 0.3) is 0 Å². The highest BCUT2D eigenvalue weighted by molar-refractivity contribution is 6.28. The second-order valence-corrected chi connectivity index (χ2v) is 3.08. The standard InChI is InChI=1S/C7H11Cl2N/c8-6-7(9)4-2-1-3-5-10/h7H,1-4,6H2. The first-order chi connectivity index (χ1) is 4.81. The first kappa shape index (κ1) is 10.1. The van der Waals surface area contributed by atoms with Crippen molar-refractivity contribution in [3.05, 3.63) is 0 Å². The zero-order valence-electron chi connectivity index (χ0n) is 5.82. The Bertz CT molecular complexity index is 109. The van der Waals surface area contributed by atoms with Crippen LogP contribution in [0.1, 0.15) is 25.7 Å². The van der Waals surface area contributed by atoms with E-state index in [1.807, 2.05) is 0 Å². The second kappa shape index (κ2) is 7.18. The topological polar surface area (TPSA) is 23.8 Å². The highest BCUT2D eigenvalue weighted by Gasteiger charge is 2.00. The van der Waals surface area contributed by atoms with Gasteiger partial charge in [0.15, 0.2) is 0 Å². The van der Waals surface area contributed by atoms with Crippen LogP contribution in [-0.2, 0) is 0 Å². The molecule has 0 aliphatic rings. The zero-order chi connectivity index (χ0) is 7.82. The Kier molecular flexibility index (Phi) is 7.23. The zero-order valence-corrected chi connectivity index (χ0v) is 7.33. The first-order valence-electron chi connectivity index (χ1n) is 3.38. The third-order valence-electron chi connectivity index (χ3n) is 1.22. The van der Waals surface area contributed by atoms with Gasteiger partial charge in [-0.3, -0.25) is 0 Å². The van der Waals surface area contributed by atoms with Gasteiger partial charge in [-0.15, -0.1) is 23.2 Å². The minimum absolute atomic E-state index is 0.0837. The van der Waals surface area contributed by atoms with Crippen molar-refractivity contribution in [2.24, 2.45) is 0 Å². The molecule has 58 valence electrons. The first-order valence-corrected chi connectivity index (χ1v) is 4.35. The Morgan fingerprint density at radius 1 is 1.40 bits per heavy atom. The maximum Gasteiger partial charge on any atom is 0.0621 e. The predicted molar refractivity (Wildman–Crippen MR) is 44.4 cm³/mol.